The minimum Gasteiger partial charge on any atom is -0.294 e. The van der Waals surface area contributed by atoms with Crippen LogP contribution in [0.25, 0.3) is 0 Å². The average molecular weight is 224 g/mol. The van der Waals surface area contributed by atoms with Crippen molar-refractivity contribution in [1.82, 2.24) is 4.98 Å². The number of pyridine rings is 1. The predicted molar refractivity (Wildman–Crippen MR) is 44.3 cm³/mol. The topological polar surface area (TPSA) is 30.0 Å². The van der Waals surface area contributed by atoms with Crippen molar-refractivity contribution >= 4 is 17.4 Å². The zero-order valence-electron chi connectivity index (χ0n) is 7.02. The van der Waals surface area contributed by atoms with E-state index in [9.17, 15) is 18.0 Å². The molecule has 6 heteroatoms. The highest BCUT2D eigenvalue weighted by Gasteiger charge is 2.35. The fraction of sp³-hybridized carbons (Fsp3) is 0.250. The van der Waals surface area contributed by atoms with E-state index >= 15 is 0 Å². The Morgan fingerprint density at radius 3 is 2.50 bits per heavy atom. The summed E-state index contributed by atoms with van der Waals surface area (Å²) >= 11 is 5.38. The third-order valence-electron chi connectivity index (χ3n) is 1.56. The number of ketones is 1. The molecule has 0 saturated heterocycles. The largest absolute Gasteiger partial charge is 0.418 e. The van der Waals surface area contributed by atoms with Gasteiger partial charge in [0.1, 0.15) is 5.15 Å². The lowest BCUT2D eigenvalue weighted by atomic mass is 10.1. The molecule has 0 aromatic carbocycles. The zero-order valence-corrected chi connectivity index (χ0v) is 7.78. The third kappa shape index (κ3) is 2.23. The molecule has 2 nitrogen and oxygen atoms in total. The predicted octanol–water partition coefficient (Wildman–Crippen LogP) is 2.96. The Kier molecular flexibility index (Phi) is 2.80. The van der Waals surface area contributed by atoms with Crippen LogP contribution in [-0.4, -0.2) is 10.8 Å². The van der Waals surface area contributed by atoms with E-state index in [1.165, 1.54) is 0 Å². The summed E-state index contributed by atoms with van der Waals surface area (Å²) in [6.45, 7) is 1.04. The quantitative estimate of drug-likeness (QED) is 0.541. The van der Waals surface area contributed by atoms with Crippen molar-refractivity contribution < 1.29 is 18.0 Å². The fourth-order valence-corrected chi connectivity index (χ4v) is 1.10. The Balaban J connectivity index is 3.37. The van der Waals surface area contributed by atoms with Gasteiger partial charge in [-0.15, -0.1) is 0 Å². The van der Waals surface area contributed by atoms with Crippen molar-refractivity contribution in [3.8, 4) is 0 Å². The summed E-state index contributed by atoms with van der Waals surface area (Å²) < 4.78 is 36.9. The number of hydrogen-bond acceptors (Lipinski definition) is 2. The number of hydrogen-bond donors (Lipinski definition) is 0. The average Bonchev–Trinajstić information content (AvgIpc) is 2.01. The van der Waals surface area contributed by atoms with E-state index in [1.807, 2.05) is 0 Å². The second kappa shape index (κ2) is 3.57. The Bertz CT molecular complexity index is 375. The van der Waals surface area contributed by atoms with Crippen LogP contribution >= 0.6 is 11.6 Å². The second-order valence-electron chi connectivity index (χ2n) is 2.61. The molecule has 0 atom stereocenters. The SMILES string of the molecule is CC(=O)c1cc(Cl)ncc1C(F)(F)F. The first-order chi connectivity index (χ1) is 6.32. The molecule has 0 aliphatic heterocycles. The molecule has 1 aromatic rings. The lowest BCUT2D eigenvalue weighted by Crippen LogP contribution is -2.12. The maximum atomic E-state index is 12.3. The highest BCUT2D eigenvalue weighted by atomic mass is 35.5. The summed E-state index contributed by atoms with van der Waals surface area (Å²) in [5.74, 6) is -0.693. The van der Waals surface area contributed by atoms with Gasteiger partial charge in [0.15, 0.2) is 5.78 Å². The Morgan fingerprint density at radius 1 is 1.50 bits per heavy atom. The molecule has 0 radical (unpaired) electrons. The highest BCUT2D eigenvalue weighted by molar-refractivity contribution is 6.29. The number of halogens is 4. The summed E-state index contributed by atoms with van der Waals surface area (Å²) in [6, 6.07) is 0.909. The molecule has 1 heterocycles. The molecular formula is C8H5ClF3NO. The normalized spacial score (nSPS) is 11.5. The van der Waals surface area contributed by atoms with Gasteiger partial charge in [-0.2, -0.15) is 13.2 Å². The minimum absolute atomic E-state index is 0.136. The van der Waals surface area contributed by atoms with E-state index in [1.54, 1.807) is 0 Å². The van der Waals surface area contributed by atoms with Crippen molar-refractivity contribution in [3.63, 3.8) is 0 Å². The third-order valence-corrected chi connectivity index (χ3v) is 1.76. The summed E-state index contributed by atoms with van der Waals surface area (Å²) in [5.41, 5.74) is -1.52. The number of nitrogens with zero attached hydrogens (tertiary/aromatic N) is 1. The van der Waals surface area contributed by atoms with Crippen LogP contribution in [0.15, 0.2) is 12.3 Å². The monoisotopic (exact) mass is 223 g/mol. The lowest BCUT2D eigenvalue weighted by Gasteiger charge is -2.09. The molecule has 0 spiro atoms. The van der Waals surface area contributed by atoms with Gasteiger partial charge >= 0.3 is 6.18 Å². The van der Waals surface area contributed by atoms with E-state index in [-0.39, 0.29) is 5.15 Å². The molecule has 0 saturated carbocycles. The summed E-state index contributed by atoms with van der Waals surface area (Å²) in [6.07, 6.45) is -4.03. The van der Waals surface area contributed by atoms with E-state index in [4.69, 9.17) is 11.6 Å². The van der Waals surface area contributed by atoms with Crippen LogP contribution in [0.1, 0.15) is 22.8 Å². The maximum Gasteiger partial charge on any atom is 0.418 e. The first kappa shape index (κ1) is 11.0. The van der Waals surface area contributed by atoms with Gasteiger partial charge < -0.3 is 0 Å². The molecule has 0 amide bonds. The molecule has 1 rings (SSSR count). The number of rotatable bonds is 1. The van der Waals surface area contributed by atoms with Gasteiger partial charge in [0.2, 0.25) is 0 Å². The van der Waals surface area contributed by atoms with Crippen molar-refractivity contribution in [2.45, 2.75) is 13.1 Å². The molecule has 76 valence electrons. The number of Topliss-reactive ketones (excluding diaryl/α,β-unsaturated/α-hetero) is 1. The summed E-state index contributed by atoms with van der Waals surface area (Å²) in [4.78, 5) is 14.2. The van der Waals surface area contributed by atoms with Gasteiger partial charge in [0, 0.05) is 11.8 Å². The van der Waals surface area contributed by atoms with Crippen molar-refractivity contribution in [1.29, 1.82) is 0 Å². The van der Waals surface area contributed by atoms with Crippen LogP contribution in [0.5, 0.6) is 0 Å². The number of alkyl halides is 3. The van der Waals surface area contributed by atoms with Crippen molar-refractivity contribution in [2.75, 3.05) is 0 Å². The number of carbonyl (C=O) groups is 1. The molecule has 0 fully saturated rings. The van der Waals surface area contributed by atoms with Crippen LogP contribution in [0, 0.1) is 0 Å². The smallest absolute Gasteiger partial charge is 0.294 e. The van der Waals surface area contributed by atoms with E-state index in [0.29, 0.717) is 6.20 Å². The molecule has 1 aromatic heterocycles. The van der Waals surface area contributed by atoms with Crippen LogP contribution in [-0.2, 0) is 6.18 Å². The Labute approximate surface area is 82.7 Å². The molecule has 0 unspecified atom stereocenters. The van der Waals surface area contributed by atoms with Crippen LogP contribution in [0.3, 0.4) is 0 Å². The van der Waals surface area contributed by atoms with Gasteiger partial charge in [0.25, 0.3) is 0 Å². The zero-order chi connectivity index (χ0) is 10.9. The molecule has 0 bridgehead atoms. The van der Waals surface area contributed by atoms with Gasteiger partial charge in [-0.1, -0.05) is 11.6 Å². The molecule has 0 aliphatic carbocycles. The maximum absolute atomic E-state index is 12.3. The summed E-state index contributed by atoms with van der Waals surface area (Å²) in [5, 5.41) is -0.136. The molecule has 14 heavy (non-hydrogen) atoms. The first-order valence-corrected chi connectivity index (χ1v) is 3.94. The molecule has 0 N–H and O–H groups in total. The van der Waals surface area contributed by atoms with Crippen molar-refractivity contribution in [3.05, 3.63) is 28.5 Å². The Hall–Kier alpha value is -1.10. The van der Waals surface area contributed by atoms with E-state index in [0.717, 1.165) is 13.0 Å². The fourth-order valence-electron chi connectivity index (χ4n) is 0.947. The summed E-state index contributed by atoms with van der Waals surface area (Å²) in [7, 11) is 0. The van der Waals surface area contributed by atoms with Crippen molar-refractivity contribution in [2.24, 2.45) is 0 Å². The van der Waals surface area contributed by atoms with Crippen LogP contribution in [0.4, 0.5) is 13.2 Å². The van der Waals surface area contributed by atoms with Gasteiger partial charge in [-0.25, -0.2) is 4.98 Å². The number of carbonyl (C=O) groups excluding carboxylic acids is 1. The lowest BCUT2D eigenvalue weighted by molar-refractivity contribution is -0.138. The van der Waals surface area contributed by atoms with Gasteiger partial charge in [-0.3, -0.25) is 4.79 Å². The van der Waals surface area contributed by atoms with Crippen LogP contribution in [0.2, 0.25) is 5.15 Å². The van der Waals surface area contributed by atoms with Gasteiger partial charge in [-0.05, 0) is 13.0 Å². The standard InChI is InChI=1S/C8H5ClF3NO/c1-4(14)5-2-7(9)13-3-6(5)8(10,11)12/h2-3H,1H3. The molecule has 0 aliphatic rings. The first-order valence-electron chi connectivity index (χ1n) is 3.56. The van der Waals surface area contributed by atoms with Crippen LogP contribution < -0.4 is 0 Å². The molecular weight excluding hydrogens is 219 g/mol. The second-order valence-corrected chi connectivity index (χ2v) is 2.99. The van der Waals surface area contributed by atoms with Gasteiger partial charge in [0.05, 0.1) is 5.56 Å². The number of aromatic nitrogens is 1. The van der Waals surface area contributed by atoms with E-state index < -0.39 is 23.1 Å². The Morgan fingerprint density at radius 2 is 2.07 bits per heavy atom. The van der Waals surface area contributed by atoms with E-state index in [2.05, 4.69) is 4.98 Å². The highest BCUT2D eigenvalue weighted by Crippen LogP contribution is 2.32. The minimum atomic E-state index is -4.58.